The monoisotopic (exact) mass is 365 g/mol. The van der Waals surface area contributed by atoms with Crippen molar-refractivity contribution >= 4 is 11.9 Å². The third kappa shape index (κ3) is 4.39. The lowest BCUT2D eigenvalue weighted by atomic mass is 9.99. The zero-order valence-corrected chi connectivity index (χ0v) is 16.2. The van der Waals surface area contributed by atoms with Crippen molar-refractivity contribution in [3.05, 3.63) is 17.2 Å². The molecule has 0 saturated heterocycles. The van der Waals surface area contributed by atoms with Crippen LogP contribution in [0, 0.1) is 0 Å². The summed E-state index contributed by atoms with van der Waals surface area (Å²) in [7, 11) is 4.55. The van der Waals surface area contributed by atoms with E-state index in [1.54, 1.807) is 6.07 Å². The lowest BCUT2D eigenvalue weighted by Gasteiger charge is -2.22. The van der Waals surface area contributed by atoms with Crippen LogP contribution >= 0.6 is 0 Å². The quantitative estimate of drug-likeness (QED) is 0.826. The molecule has 0 aromatic heterocycles. The highest BCUT2D eigenvalue weighted by Crippen LogP contribution is 2.44. The lowest BCUT2D eigenvalue weighted by Crippen LogP contribution is -2.42. The van der Waals surface area contributed by atoms with Gasteiger partial charge in [-0.05, 0) is 39.7 Å². The van der Waals surface area contributed by atoms with Crippen LogP contribution in [0.15, 0.2) is 6.07 Å². The number of ketones is 1. The van der Waals surface area contributed by atoms with Crippen molar-refractivity contribution in [3.63, 3.8) is 0 Å². The number of rotatable bonds is 4. The minimum atomic E-state index is -0.525. The molecule has 0 heterocycles. The van der Waals surface area contributed by atoms with Crippen LogP contribution in [0.25, 0.3) is 0 Å². The Hall–Kier alpha value is -2.44. The Labute approximate surface area is 153 Å². The third-order valence-corrected chi connectivity index (χ3v) is 4.11. The van der Waals surface area contributed by atoms with E-state index < -0.39 is 17.7 Å². The second-order valence-corrected chi connectivity index (χ2v) is 7.24. The average molecular weight is 365 g/mol. The van der Waals surface area contributed by atoms with Crippen molar-refractivity contribution in [2.75, 3.05) is 21.3 Å². The minimum absolute atomic E-state index is 0.114. The molecule has 0 saturated carbocycles. The Balaban J connectivity index is 2.28. The zero-order chi connectivity index (χ0) is 19.5. The molecule has 0 aliphatic heterocycles. The van der Waals surface area contributed by atoms with Gasteiger partial charge in [0.1, 0.15) is 6.10 Å². The first-order chi connectivity index (χ1) is 12.2. The van der Waals surface area contributed by atoms with E-state index in [0.717, 1.165) is 5.56 Å². The van der Waals surface area contributed by atoms with Crippen LogP contribution in [0.5, 0.6) is 17.2 Å². The Morgan fingerprint density at radius 1 is 1.12 bits per heavy atom. The second-order valence-electron chi connectivity index (χ2n) is 7.24. The molecule has 1 atom stereocenters. The number of hydrogen-bond donors (Lipinski definition) is 1. The van der Waals surface area contributed by atoms with E-state index in [9.17, 15) is 9.59 Å². The molecule has 1 unspecified atom stereocenters. The number of benzene rings is 1. The molecule has 144 valence electrons. The molecule has 0 spiro atoms. The van der Waals surface area contributed by atoms with Gasteiger partial charge in [-0.1, -0.05) is 0 Å². The van der Waals surface area contributed by atoms with Crippen molar-refractivity contribution in [2.24, 2.45) is 0 Å². The summed E-state index contributed by atoms with van der Waals surface area (Å²) in [5, 5.41) is 2.74. The smallest absolute Gasteiger partial charge is 0.407 e. The Morgan fingerprint density at radius 3 is 2.31 bits per heavy atom. The molecule has 2 rings (SSSR count). The van der Waals surface area contributed by atoms with E-state index in [-0.39, 0.29) is 12.2 Å². The average Bonchev–Trinajstić information content (AvgIpc) is 2.70. The van der Waals surface area contributed by atoms with Crippen molar-refractivity contribution in [1.29, 1.82) is 0 Å². The molecule has 1 aliphatic carbocycles. The van der Waals surface area contributed by atoms with Gasteiger partial charge in [-0.3, -0.25) is 4.79 Å². The molecule has 0 bridgehead atoms. The van der Waals surface area contributed by atoms with Gasteiger partial charge < -0.3 is 24.3 Å². The fraction of sp³-hybridized carbons (Fsp3) is 0.579. The van der Waals surface area contributed by atoms with Crippen LogP contribution in [0.2, 0.25) is 0 Å². The normalized spacial score (nSPS) is 17.0. The number of ether oxygens (including phenoxy) is 4. The van der Waals surface area contributed by atoms with Gasteiger partial charge in [0.15, 0.2) is 17.3 Å². The van der Waals surface area contributed by atoms with Crippen molar-refractivity contribution in [1.82, 2.24) is 5.32 Å². The van der Waals surface area contributed by atoms with Gasteiger partial charge in [0, 0.05) is 23.1 Å². The molecule has 7 heteroatoms. The van der Waals surface area contributed by atoms with E-state index in [1.165, 1.54) is 21.3 Å². The summed E-state index contributed by atoms with van der Waals surface area (Å²) in [4.78, 5) is 24.8. The maximum absolute atomic E-state index is 12.8. The lowest BCUT2D eigenvalue weighted by molar-refractivity contribution is 0.0720. The van der Waals surface area contributed by atoms with E-state index in [1.807, 2.05) is 20.8 Å². The highest BCUT2D eigenvalue weighted by atomic mass is 16.6. The molecule has 26 heavy (non-hydrogen) atoms. The van der Waals surface area contributed by atoms with Gasteiger partial charge in [0.05, 0.1) is 21.3 Å². The molecule has 1 N–H and O–H groups in total. The van der Waals surface area contributed by atoms with Crippen LogP contribution in [0.1, 0.15) is 49.5 Å². The molecule has 0 radical (unpaired) electrons. The molecule has 0 fully saturated rings. The van der Waals surface area contributed by atoms with Gasteiger partial charge in [0.25, 0.3) is 0 Å². The highest BCUT2D eigenvalue weighted by Gasteiger charge is 2.31. The number of nitrogens with one attached hydrogen (secondary N) is 1. The molecular formula is C19H27NO6. The number of alkyl carbamates (subject to hydrolysis) is 1. The Kier molecular flexibility index (Phi) is 6.00. The molecule has 7 nitrogen and oxygen atoms in total. The van der Waals surface area contributed by atoms with Crippen molar-refractivity contribution in [2.45, 2.75) is 51.7 Å². The van der Waals surface area contributed by atoms with E-state index in [2.05, 4.69) is 5.32 Å². The molecule has 1 aliphatic rings. The summed E-state index contributed by atoms with van der Waals surface area (Å²) in [5.74, 6) is 1.24. The van der Waals surface area contributed by atoms with Crippen molar-refractivity contribution < 1.29 is 28.5 Å². The number of Topliss-reactive ketones (excluding diaryl/α,β-unsaturated/α-hetero) is 1. The summed E-state index contributed by atoms with van der Waals surface area (Å²) in [6.07, 6.45) is 0.131. The van der Waals surface area contributed by atoms with Gasteiger partial charge in [-0.15, -0.1) is 0 Å². The first-order valence-corrected chi connectivity index (χ1v) is 8.54. The van der Waals surface area contributed by atoms with E-state index in [0.29, 0.717) is 35.7 Å². The van der Waals surface area contributed by atoms with Crippen LogP contribution in [0.3, 0.4) is 0 Å². The maximum atomic E-state index is 12.8. The van der Waals surface area contributed by atoms with Gasteiger partial charge >= 0.3 is 6.09 Å². The van der Waals surface area contributed by atoms with Crippen LogP contribution in [-0.2, 0) is 11.2 Å². The Bertz CT molecular complexity index is 692. The number of amides is 1. The summed E-state index contributed by atoms with van der Waals surface area (Å²) in [6, 6.07) is 1.66. The summed E-state index contributed by atoms with van der Waals surface area (Å²) in [5.41, 5.74) is 0.859. The fourth-order valence-electron chi connectivity index (χ4n) is 3.02. The largest absolute Gasteiger partial charge is 0.493 e. The van der Waals surface area contributed by atoms with Gasteiger partial charge in [0.2, 0.25) is 5.75 Å². The summed E-state index contributed by atoms with van der Waals surface area (Å²) in [6.45, 7) is 5.60. The topological polar surface area (TPSA) is 83.1 Å². The number of carbonyl (C=O) groups excluding carboxylic acids is 2. The molecule has 1 aromatic rings. The first kappa shape index (κ1) is 19.9. The van der Waals surface area contributed by atoms with Gasteiger partial charge in [-0.25, -0.2) is 4.79 Å². The Morgan fingerprint density at radius 2 is 1.77 bits per heavy atom. The summed E-state index contributed by atoms with van der Waals surface area (Å²) < 4.78 is 21.7. The van der Waals surface area contributed by atoms with Crippen molar-refractivity contribution in [3.8, 4) is 17.2 Å². The number of hydrogen-bond acceptors (Lipinski definition) is 6. The van der Waals surface area contributed by atoms with E-state index >= 15 is 0 Å². The number of carbonyl (C=O) groups is 2. The number of fused-ring (bicyclic) bond motifs is 1. The first-order valence-electron chi connectivity index (χ1n) is 8.54. The predicted molar refractivity (Wildman–Crippen MR) is 96.5 cm³/mol. The minimum Gasteiger partial charge on any atom is -0.493 e. The fourth-order valence-corrected chi connectivity index (χ4v) is 3.02. The number of methoxy groups -OCH3 is 3. The van der Waals surface area contributed by atoms with E-state index in [4.69, 9.17) is 18.9 Å². The summed E-state index contributed by atoms with van der Waals surface area (Å²) >= 11 is 0. The molecule has 1 amide bonds. The standard InChI is InChI=1S/C19H27NO6/c1-19(2,3)20-18(22)26-11-7-8-12-13(14(21)9-11)10-15(23-4)17(25-6)16(12)24-5/h10-11H,7-9H2,1-6H3,(H,20,22). The van der Waals surface area contributed by atoms with Crippen LogP contribution in [-0.4, -0.2) is 44.8 Å². The molecular weight excluding hydrogens is 338 g/mol. The van der Waals surface area contributed by atoms with Crippen LogP contribution < -0.4 is 19.5 Å². The SMILES string of the molecule is COc1cc2c(c(OC)c1OC)CCC(OC(=O)NC(C)(C)C)CC2=O. The van der Waals surface area contributed by atoms with Crippen LogP contribution in [0.4, 0.5) is 4.79 Å². The maximum Gasteiger partial charge on any atom is 0.407 e. The highest BCUT2D eigenvalue weighted by molar-refractivity contribution is 6.00. The third-order valence-electron chi connectivity index (χ3n) is 4.11. The molecule has 1 aromatic carbocycles. The zero-order valence-electron chi connectivity index (χ0n) is 16.2. The van der Waals surface area contributed by atoms with Gasteiger partial charge in [-0.2, -0.15) is 0 Å². The second kappa shape index (κ2) is 7.85. The predicted octanol–water partition coefficient (Wildman–Crippen LogP) is 3.12.